The number of benzene rings is 1. The van der Waals surface area contributed by atoms with Gasteiger partial charge in [0.1, 0.15) is 5.75 Å². The third-order valence-electron chi connectivity index (χ3n) is 4.31. The molecule has 128 valence electrons. The van der Waals surface area contributed by atoms with Gasteiger partial charge in [0.15, 0.2) is 0 Å². The van der Waals surface area contributed by atoms with Crippen LogP contribution in [0.2, 0.25) is 0 Å². The largest absolute Gasteiger partial charge is 0.497 e. The summed E-state index contributed by atoms with van der Waals surface area (Å²) in [6, 6.07) is 8.43. The summed E-state index contributed by atoms with van der Waals surface area (Å²) < 4.78 is 5.20. The van der Waals surface area contributed by atoms with Gasteiger partial charge in [-0.25, -0.2) is 0 Å². The molecule has 0 unspecified atom stereocenters. The highest BCUT2D eigenvalue weighted by Crippen LogP contribution is 2.20. The number of hydrogen-bond acceptors (Lipinski definition) is 4. The Morgan fingerprint density at radius 2 is 1.87 bits per heavy atom. The van der Waals surface area contributed by atoms with Crippen molar-refractivity contribution in [2.45, 2.75) is 32.7 Å². The van der Waals surface area contributed by atoms with Crippen molar-refractivity contribution in [3.63, 3.8) is 0 Å². The molecule has 1 aromatic carbocycles. The number of piperazine rings is 1. The van der Waals surface area contributed by atoms with E-state index in [1.165, 1.54) is 5.69 Å². The van der Waals surface area contributed by atoms with Crippen molar-refractivity contribution in [1.82, 2.24) is 10.2 Å². The number of nitrogens with zero attached hydrogens (tertiary/aromatic N) is 2. The van der Waals surface area contributed by atoms with Crippen LogP contribution in [0.25, 0.3) is 0 Å². The molecule has 1 aliphatic rings. The summed E-state index contributed by atoms with van der Waals surface area (Å²) in [5, 5.41) is 3.08. The van der Waals surface area contributed by atoms with Crippen LogP contribution in [0.5, 0.6) is 5.75 Å². The van der Waals surface area contributed by atoms with Crippen LogP contribution in [0.15, 0.2) is 24.3 Å². The first-order valence-corrected chi connectivity index (χ1v) is 8.53. The minimum absolute atomic E-state index is 0.142. The Morgan fingerprint density at radius 3 is 2.43 bits per heavy atom. The first-order valence-electron chi connectivity index (χ1n) is 8.53. The Labute approximate surface area is 139 Å². The second-order valence-corrected chi connectivity index (χ2v) is 6.22. The molecule has 0 aliphatic carbocycles. The molecule has 5 nitrogen and oxygen atoms in total. The molecule has 0 spiro atoms. The zero-order chi connectivity index (χ0) is 16.7. The summed E-state index contributed by atoms with van der Waals surface area (Å²) in [7, 11) is 1.68. The molecule has 0 saturated carbocycles. The average molecular weight is 319 g/mol. The predicted molar refractivity (Wildman–Crippen MR) is 94.2 cm³/mol. The number of carbonyl (C=O) groups excluding carboxylic acids is 1. The molecule has 1 aliphatic heterocycles. The van der Waals surface area contributed by atoms with Gasteiger partial charge in [-0.2, -0.15) is 0 Å². The number of anilines is 1. The van der Waals surface area contributed by atoms with Crippen molar-refractivity contribution >= 4 is 11.6 Å². The monoisotopic (exact) mass is 319 g/mol. The van der Waals surface area contributed by atoms with Crippen LogP contribution < -0.4 is 15.0 Å². The van der Waals surface area contributed by atoms with Gasteiger partial charge in [0, 0.05) is 37.9 Å². The fraction of sp³-hybridized carbons (Fsp3) is 0.611. The van der Waals surface area contributed by atoms with E-state index in [1.807, 2.05) is 12.1 Å². The van der Waals surface area contributed by atoms with Crippen LogP contribution in [0.4, 0.5) is 5.69 Å². The molecule has 1 N–H and O–H groups in total. The lowest BCUT2D eigenvalue weighted by Crippen LogP contribution is -2.50. The summed E-state index contributed by atoms with van der Waals surface area (Å²) in [6.45, 7) is 8.45. The molecule has 1 heterocycles. The number of hydrogen-bond donors (Lipinski definition) is 1. The first kappa shape index (κ1) is 17.6. The lowest BCUT2D eigenvalue weighted by atomic mass is 10.2. The molecular formula is C18H29N3O2. The summed E-state index contributed by atoms with van der Waals surface area (Å²) in [5.74, 6) is 1.02. The fourth-order valence-corrected chi connectivity index (χ4v) is 2.99. The van der Waals surface area contributed by atoms with E-state index in [1.54, 1.807) is 7.11 Å². The minimum Gasteiger partial charge on any atom is -0.497 e. The predicted octanol–water partition coefficient (Wildman–Crippen LogP) is 2.12. The van der Waals surface area contributed by atoms with E-state index < -0.39 is 0 Å². The Bertz CT molecular complexity index is 482. The van der Waals surface area contributed by atoms with Gasteiger partial charge in [-0.1, -0.05) is 13.3 Å². The summed E-state index contributed by atoms with van der Waals surface area (Å²) in [6.07, 6.45) is 2.14. The zero-order valence-electron chi connectivity index (χ0n) is 14.5. The lowest BCUT2D eigenvalue weighted by Gasteiger charge is -2.36. The number of methoxy groups -OCH3 is 1. The molecule has 1 amide bonds. The van der Waals surface area contributed by atoms with Crippen LogP contribution in [0.3, 0.4) is 0 Å². The number of carbonyl (C=O) groups is 1. The SMILES string of the molecule is CCC[C@H](C)NC(=O)CN1CCN(c2ccc(OC)cc2)CC1. The van der Waals surface area contributed by atoms with Crippen LogP contribution >= 0.6 is 0 Å². The topological polar surface area (TPSA) is 44.8 Å². The van der Waals surface area contributed by atoms with Gasteiger partial charge in [-0.3, -0.25) is 9.69 Å². The van der Waals surface area contributed by atoms with Crippen LogP contribution in [0.1, 0.15) is 26.7 Å². The second-order valence-electron chi connectivity index (χ2n) is 6.22. The Balaban J connectivity index is 1.75. The van der Waals surface area contributed by atoms with Crippen molar-refractivity contribution in [3.8, 4) is 5.75 Å². The quantitative estimate of drug-likeness (QED) is 0.836. The molecule has 1 aromatic rings. The van der Waals surface area contributed by atoms with Gasteiger partial charge in [0.25, 0.3) is 0 Å². The number of ether oxygens (including phenoxy) is 1. The number of amides is 1. The second kappa shape index (κ2) is 8.77. The maximum absolute atomic E-state index is 12.0. The molecule has 23 heavy (non-hydrogen) atoms. The van der Waals surface area contributed by atoms with Gasteiger partial charge in [-0.15, -0.1) is 0 Å². The highest BCUT2D eigenvalue weighted by Gasteiger charge is 2.19. The maximum Gasteiger partial charge on any atom is 0.234 e. The smallest absolute Gasteiger partial charge is 0.234 e. The maximum atomic E-state index is 12.0. The van der Waals surface area contributed by atoms with Crippen molar-refractivity contribution in [2.24, 2.45) is 0 Å². The van der Waals surface area contributed by atoms with Crippen molar-refractivity contribution in [3.05, 3.63) is 24.3 Å². The summed E-state index contributed by atoms with van der Waals surface area (Å²) in [5.41, 5.74) is 1.21. The van der Waals surface area contributed by atoms with Gasteiger partial charge < -0.3 is 15.0 Å². The minimum atomic E-state index is 0.142. The Morgan fingerprint density at radius 1 is 1.22 bits per heavy atom. The average Bonchev–Trinajstić information content (AvgIpc) is 2.56. The molecule has 0 bridgehead atoms. The Hall–Kier alpha value is -1.75. The zero-order valence-corrected chi connectivity index (χ0v) is 14.5. The standard InChI is InChI=1S/C18H29N3O2/c1-4-5-15(2)19-18(22)14-20-10-12-21(13-11-20)16-6-8-17(23-3)9-7-16/h6-9,15H,4-5,10-14H2,1-3H3,(H,19,22)/t15-/m0/s1. The molecule has 0 aromatic heterocycles. The normalized spacial score (nSPS) is 16.9. The number of rotatable bonds is 7. The molecule has 1 fully saturated rings. The van der Waals surface area contributed by atoms with Gasteiger partial charge in [0.05, 0.1) is 13.7 Å². The molecule has 5 heteroatoms. The fourth-order valence-electron chi connectivity index (χ4n) is 2.99. The van der Waals surface area contributed by atoms with E-state index in [4.69, 9.17) is 4.74 Å². The van der Waals surface area contributed by atoms with Crippen molar-refractivity contribution in [1.29, 1.82) is 0 Å². The van der Waals surface area contributed by atoms with Crippen molar-refractivity contribution < 1.29 is 9.53 Å². The van der Waals surface area contributed by atoms with Gasteiger partial charge in [-0.05, 0) is 37.6 Å². The molecule has 0 radical (unpaired) electrons. The first-order chi connectivity index (χ1) is 11.1. The van der Waals surface area contributed by atoms with Crippen LogP contribution in [0, 0.1) is 0 Å². The van der Waals surface area contributed by atoms with E-state index in [0.29, 0.717) is 6.54 Å². The third kappa shape index (κ3) is 5.43. The van der Waals surface area contributed by atoms with Crippen LogP contribution in [-0.2, 0) is 4.79 Å². The molecular weight excluding hydrogens is 290 g/mol. The molecule has 1 atom stereocenters. The van der Waals surface area contributed by atoms with E-state index >= 15 is 0 Å². The van der Waals surface area contributed by atoms with E-state index in [2.05, 4.69) is 41.1 Å². The Kier molecular flexibility index (Phi) is 6.71. The van der Waals surface area contributed by atoms with Crippen molar-refractivity contribution in [2.75, 3.05) is 44.7 Å². The third-order valence-corrected chi connectivity index (χ3v) is 4.31. The van der Waals surface area contributed by atoms with E-state index in [0.717, 1.165) is 44.8 Å². The van der Waals surface area contributed by atoms with E-state index in [9.17, 15) is 4.79 Å². The van der Waals surface area contributed by atoms with E-state index in [-0.39, 0.29) is 11.9 Å². The molecule has 2 rings (SSSR count). The number of nitrogens with one attached hydrogen (secondary N) is 1. The van der Waals surface area contributed by atoms with Gasteiger partial charge >= 0.3 is 0 Å². The lowest BCUT2D eigenvalue weighted by molar-refractivity contribution is -0.122. The molecule has 1 saturated heterocycles. The summed E-state index contributed by atoms with van der Waals surface area (Å²) in [4.78, 5) is 16.6. The summed E-state index contributed by atoms with van der Waals surface area (Å²) >= 11 is 0. The highest BCUT2D eigenvalue weighted by molar-refractivity contribution is 5.78. The van der Waals surface area contributed by atoms with Crippen LogP contribution in [-0.4, -0.2) is 56.7 Å². The highest BCUT2D eigenvalue weighted by atomic mass is 16.5. The van der Waals surface area contributed by atoms with Gasteiger partial charge in [0.2, 0.25) is 5.91 Å².